The highest BCUT2D eigenvalue weighted by atomic mass is 35.5. The third-order valence-corrected chi connectivity index (χ3v) is 6.00. The average Bonchev–Trinajstić information content (AvgIpc) is 3.34. The predicted octanol–water partition coefficient (Wildman–Crippen LogP) is 3.29. The monoisotopic (exact) mass is 430 g/mol. The third-order valence-electron chi connectivity index (χ3n) is 5.63. The van der Waals surface area contributed by atoms with Crippen LogP contribution in [0.1, 0.15) is 41.2 Å². The van der Waals surface area contributed by atoms with Crippen LogP contribution in [0.5, 0.6) is 0 Å². The van der Waals surface area contributed by atoms with Crippen molar-refractivity contribution in [1.29, 1.82) is 0 Å². The Balaban J connectivity index is 1.53. The Labute approximate surface area is 177 Å². The quantitative estimate of drug-likeness (QED) is 0.634. The molecule has 1 aromatic carbocycles. The van der Waals surface area contributed by atoms with Crippen LogP contribution in [0.3, 0.4) is 0 Å². The molecule has 2 aliphatic heterocycles. The van der Waals surface area contributed by atoms with Crippen LogP contribution in [-0.4, -0.2) is 55.5 Å². The predicted molar refractivity (Wildman–Crippen MR) is 107 cm³/mol. The van der Waals surface area contributed by atoms with E-state index in [1.807, 2.05) is 0 Å². The molecule has 3 aromatic rings. The molecule has 10 heteroatoms. The molecule has 5 rings (SSSR count). The molecule has 0 radical (unpaired) electrons. The van der Waals surface area contributed by atoms with Crippen molar-refractivity contribution in [3.05, 3.63) is 46.4 Å². The molecule has 1 amide bonds. The van der Waals surface area contributed by atoms with Gasteiger partial charge in [-0.25, -0.2) is 9.37 Å². The summed E-state index contributed by atoms with van der Waals surface area (Å²) in [6, 6.07) is 2.77. The first-order valence-corrected chi connectivity index (χ1v) is 10.3. The summed E-state index contributed by atoms with van der Waals surface area (Å²) >= 11 is 6.13. The molecule has 8 nitrogen and oxygen atoms in total. The molecule has 0 N–H and O–H groups in total. The van der Waals surface area contributed by atoms with Crippen molar-refractivity contribution >= 4 is 17.5 Å². The van der Waals surface area contributed by atoms with E-state index < -0.39 is 5.82 Å². The summed E-state index contributed by atoms with van der Waals surface area (Å²) in [5.41, 5.74) is 1.82. The normalized spacial score (nSPS) is 17.0. The summed E-state index contributed by atoms with van der Waals surface area (Å²) in [6.45, 7) is 2.91. The Bertz CT molecular complexity index is 1120. The van der Waals surface area contributed by atoms with Gasteiger partial charge in [-0.3, -0.25) is 14.3 Å². The van der Waals surface area contributed by atoms with Gasteiger partial charge in [-0.2, -0.15) is 4.98 Å². The number of rotatable bonds is 3. The van der Waals surface area contributed by atoms with E-state index in [1.54, 1.807) is 17.9 Å². The number of imidazole rings is 1. The number of aromatic nitrogens is 4. The molecule has 1 saturated heterocycles. The first-order chi connectivity index (χ1) is 14.5. The number of carbonyl (C=O) groups excluding carboxylic acids is 1. The maximum atomic E-state index is 14.0. The van der Waals surface area contributed by atoms with Crippen molar-refractivity contribution in [3.8, 4) is 17.2 Å². The fraction of sp³-hybridized carbons (Fsp3) is 0.400. The van der Waals surface area contributed by atoms with Gasteiger partial charge in [-0.15, -0.1) is 0 Å². The van der Waals surface area contributed by atoms with Crippen LogP contribution in [-0.2, 0) is 13.1 Å². The minimum atomic E-state index is -0.638. The summed E-state index contributed by atoms with van der Waals surface area (Å²) in [7, 11) is 1.64. The second-order valence-electron chi connectivity index (χ2n) is 7.68. The van der Waals surface area contributed by atoms with Crippen LogP contribution in [0.4, 0.5) is 4.39 Å². The van der Waals surface area contributed by atoms with Gasteiger partial charge in [-0.1, -0.05) is 23.2 Å². The lowest BCUT2D eigenvalue weighted by atomic mass is 10.1. The van der Waals surface area contributed by atoms with Crippen LogP contribution in [0.2, 0.25) is 5.02 Å². The Morgan fingerprint density at radius 1 is 1.23 bits per heavy atom. The van der Waals surface area contributed by atoms with Crippen molar-refractivity contribution in [1.82, 2.24) is 29.5 Å². The van der Waals surface area contributed by atoms with Gasteiger partial charge >= 0.3 is 0 Å². The van der Waals surface area contributed by atoms with E-state index in [2.05, 4.69) is 20.0 Å². The molecule has 0 bridgehead atoms. The van der Waals surface area contributed by atoms with E-state index >= 15 is 0 Å². The zero-order valence-corrected chi connectivity index (χ0v) is 17.2. The van der Waals surface area contributed by atoms with Crippen molar-refractivity contribution in [2.75, 3.05) is 20.1 Å². The molecular weight excluding hydrogens is 411 g/mol. The lowest BCUT2D eigenvalue weighted by Crippen LogP contribution is -2.29. The maximum Gasteiger partial charge on any atom is 0.257 e. The second-order valence-corrected chi connectivity index (χ2v) is 8.05. The molecule has 156 valence electrons. The molecule has 30 heavy (non-hydrogen) atoms. The number of likely N-dealkylation sites (tertiary alicyclic amines) is 1. The molecule has 0 unspecified atom stereocenters. The van der Waals surface area contributed by atoms with Crippen molar-refractivity contribution in [2.24, 2.45) is 0 Å². The SMILES string of the molecule is CN1Cc2c(-c3noc(CN4CCCCC4)n3)ncn2-c2ccc(F)c(Cl)c2C1=O. The third kappa shape index (κ3) is 3.18. The number of carbonyl (C=O) groups is 1. The number of amides is 1. The number of nitrogens with zero attached hydrogens (tertiary/aromatic N) is 6. The molecule has 4 heterocycles. The largest absolute Gasteiger partial charge is 0.337 e. The first-order valence-electron chi connectivity index (χ1n) is 9.88. The van der Waals surface area contributed by atoms with E-state index in [0.29, 0.717) is 35.3 Å². The molecule has 2 aliphatic rings. The minimum Gasteiger partial charge on any atom is -0.337 e. The molecule has 0 saturated carbocycles. The van der Waals surface area contributed by atoms with Gasteiger partial charge in [0.15, 0.2) is 0 Å². The van der Waals surface area contributed by atoms with Crippen LogP contribution < -0.4 is 0 Å². The fourth-order valence-electron chi connectivity index (χ4n) is 4.08. The van der Waals surface area contributed by atoms with Crippen LogP contribution in [0.15, 0.2) is 23.0 Å². The summed E-state index contributed by atoms with van der Waals surface area (Å²) in [4.78, 5) is 25.6. The van der Waals surface area contributed by atoms with Crippen LogP contribution in [0.25, 0.3) is 17.2 Å². The van der Waals surface area contributed by atoms with E-state index in [0.717, 1.165) is 13.1 Å². The minimum absolute atomic E-state index is 0.112. The van der Waals surface area contributed by atoms with Crippen LogP contribution in [0, 0.1) is 5.82 Å². The lowest BCUT2D eigenvalue weighted by molar-refractivity contribution is 0.0788. The van der Waals surface area contributed by atoms with Gasteiger partial charge in [0.25, 0.3) is 5.91 Å². The van der Waals surface area contributed by atoms with E-state index in [-0.39, 0.29) is 23.0 Å². The van der Waals surface area contributed by atoms with Crippen molar-refractivity contribution in [3.63, 3.8) is 0 Å². The molecule has 2 aromatic heterocycles. The zero-order chi connectivity index (χ0) is 20.8. The fourth-order valence-corrected chi connectivity index (χ4v) is 4.32. The summed E-state index contributed by atoms with van der Waals surface area (Å²) in [5, 5.41) is 3.92. The highest BCUT2D eigenvalue weighted by molar-refractivity contribution is 6.34. The molecule has 0 aliphatic carbocycles. The number of halogens is 2. The number of hydrogen-bond donors (Lipinski definition) is 0. The zero-order valence-electron chi connectivity index (χ0n) is 16.4. The number of piperidine rings is 1. The number of hydrogen-bond acceptors (Lipinski definition) is 6. The lowest BCUT2D eigenvalue weighted by Gasteiger charge is -2.24. The molecule has 1 fully saturated rings. The summed E-state index contributed by atoms with van der Waals surface area (Å²) in [5.74, 6) is -0.0880. The smallest absolute Gasteiger partial charge is 0.257 e. The molecule has 0 atom stereocenters. The second kappa shape index (κ2) is 7.48. The summed E-state index contributed by atoms with van der Waals surface area (Å²) < 4.78 is 21.2. The van der Waals surface area contributed by atoms with Gasteiger partial charge in [0.2, 0.25) is 11.7 Å². The van der Waals surface area contributed by atoms with Gasteiger partial charge in [-0.05, 0) is 38.1 Å². The Morgan fingerprint density at radius 3 is 2.83 bits per heavy atom. The molecule has 0 spiro atoms. The summed E-state index contributed by atoms with van der Waals surface area (Å²) in [6.07, 6.45) is 5.19. The highest BCUT2D eigenvalue weighted by Crippen LogP contribution is 2.34. The average molecular weight is 431 g/mol. The Hall–Kier alpha value is -2.78. The van der Waals surface area contributed by atoms with Gasteiger partial charge < -0.3 is 9.42 Å². The van der Waals surface area contributed by atoms with E-state index in [9.17, 15) is 9.18 Å². The first kappa shape index (κ1) is 19.2. The van der Waals surface area contributed by atoms with Gasteiger partial charge in [0.05, 0.1) is 35.1 Å². The standard InChI is InChI=1S/C20H20ClFN6O2/c1-26-9-14-18(19-24-15(30-25-19)10-27-7-3-2-4-8-27)23-11-28(14)13-6-5-12(22)17(21)16(13)20(26)29/h5-6,11H,2-4,7-10H2,1H3. The topological polar surface area (TPSA) is 80.3 Å². The van der Waals surface area contributed by atoms with E-state index in [4.69, 9.17) is 16.1 Å². The van der Waals surface area contributed by atoms with E-state index in [1.165, 1.54) is 36.3 Å². The van der Waals surface area contributed by atoms with Gasteiger partial charge in [0, 0.05) is 7.05 Å². The Kier molecular flexibility index (Phi) is 4.79. The number of fused-ring (bicyclic) bond motifs is 3. The highest BCUT2D eigenvalue weighted by Gasteiger charge is 2.31. The maximum absolute atomic E-state index is 14.0. The molecular formula is C20H20ClFN6O2. The van der Waals surface area contributed by atoms with Gasteiger partial charge in [0.1, 0.15) is 17.8 Å². The van der Waals surface area contributed by atoms with Crippen molar-refractivity contribution in [2.45, 2.75) is 32.4 Å². The van der Waals surface area contributed by atoms with Crippen molar-refractivity contribution < 1.29 is 13.7 Å². The Morgan fingerprint density at radius 2 is 2.03 bits per heavy atom. The number of benzene rings is 1. The van der Waals surface area contributed by atoms with Crippen LogP contribution >= 0.6 is 11.6 Å².